The summed E-state index contributed by atoms with van der Waals surface area (Å²) in [6.07, 6.45) is 3.84. The van der Waals surface area contributed by atoms with E-state index in [1.807, 2.05) is 13.8 Å². The number of hydrogen-bond acceptors (Lipinski definition) is 8. The number of fused-ring (bicyclic) bond motifs is 2. The summed E-state index contributed by atoms with van der Waals surface area (Å²) < 4.78 is 54.8. The van der Waals surface area contributed by atoms with Gasteiger partial charge in [0.25, 0.3) is 0 Å². The molecule has 1 aromatic heterocycles. The average molecular weight is 480 g/mol. The van der Waals surface area contributed by atoms with Crippen molar-refractivity contribution in [3.05, 3.63) is 35.9 Å². The number of halogens is 1. The molecule has 2 saturated heterocycles. The van der Waals surface area contributed by atoms with Gasteiger partial charge in [0.05, 0.1) is 22.6 Å². The largest absolute Gasteiger partial charge is 0.472 e. The van der Waals surface area contributed by atoms with Crippen LogP contribution in [0.1, 0.15) is 38.7 Å². The lowest BCUT2D eigenvalue weighted by molar-refractivity contribution is 0.0641. The number of hydrogen-bond donors (Lipinski definition) is 0. The molecule has 0 spiro atoms. The van der Waals surface area contributed by atoms with Gasteiger partial charge in [0.1, 0.15) is 12.4 Å². The van der Waals surface area contributed by atoms with Crippen LogP contribution >= 0.6 is 0 Å². The summed E-state index contributed by atoms with van der Waals surface area (Å²) in [5, 5.41) is 0. The van der Waals surface area contributed by atoms with Gasteiger partial charge in [-0.15, -0.1) is 0 Å². The Labute approximate surface area is 191 Å². The van der Waals surface area contributed by atoms with Gasteiger partial charge < -0.3 is 14.2 Å². The molecule has 9 nitrogen and oxygen atoms in total. The summed E-state index contributed by atoms with van der Waals surface area (Å²) >= 11 is 0. The van der Waals surface area contributed by atoms with Gasteiger partial charge in [-0.1, -0.05) is 0 Å². The number of nitrogens with zero attached hydrogens (tertiary/aromatic N) is 3. The molecule has 1 amide bonds. The zero-order chi connectivity index (χ0) is 23.9. The van der Waals surface area contributed by atoms with Crippen molar-refractivity contribution in [1.29, 1.82) is 0 Å². The standard InChI is InChI=1S/C22H26FN3O6S/c1-12(2)30-22(27)26-14-5-7-17(26)19(9-14)32-21-13(3)20(24-11-25-21)31-18-8-6-15(10-16(18)23)33(4,28)29/h6,8,10-12,14,17,19H,5,7,9H2,1-4H3. The van der Waals surface area contributed by atoms with Gasteiger partial charge in [-0.2, -0.15) is 0 Å². The molecule has 11 heteroatoms. The second kappa shape index (κ2) is 8.77. The van der Waals surface area contributed by atoms with Crippen LogP contribution in [0.5, 0.6) is 17.5 Å². The van der Waals surface area contributed by atoms with Gasteiger partial charge in [-0.3, -0.25) is 4.90 Å². The van der Waals surface area contributed by atoms with Gasteiger partial charge in [0, 0.05) is 18.7 Å². The van der Waals surface area contributed by atoms with E-state index >= 15 is 0 Å². The van der Waals surface area contributed by atoms with Crippen molar-refractivity contribution in [1.82, 2.24) is 14.9 Å². The highest BCUT2D eigenvalue weighted by Crippen LogP contribution is 2.41. The van der Waals surface area contributed by atoms with E-state index in [1.165, 1.54) is 18.5 Å². The molecule has 3 atom stereocenters. The first kappa shape index (κ1) is 23.2. The zero-order valence-corrected chi connectivity index (χ0v) is 19.6. The summed E-state index contributed by atoms with van der Waals surface area (Å²) in [5.41, 5.74) is 0.461. The minimum absolute atomic E-state index is 0.0616. The van der Waals surface area contributed by atoms with Crippen LogP contribution in [0.15, 0.2) is 29.4 Å². The van der Waals surface area contributed by atoms with Crippen LogP contribution < -0.4 is 9.47 Å². The van der Waals surface area contributed by atoms with E-state index in [-0.39, 0.29) is 52.8 Å². The lowest BCUT2D eigenvalue weighted by atomic mass is 9.98. The maximum Gasteiger partial charge on any atom is 0.410 e. The highest BCUT2D eigenvalue weighted by atomic mass is 32.2. The van der Waals surface area contributed by atoms with Crippen molar-refractivity contribution in [2.24, 2.45) is 0 Å². The minimum atomic E-state index is -3.54. The van der Waals surface area contributed by atoms with Crippen LogP contribution in [0.3, 0.4) is 0 Å². The lowest BCUT2D eigenvalue weighted by Crippen LogP contribution is -2.40. The highest BCUT2D eigenvalue weighted by molar-refractivity contribution is 7.90. The molecule has 0 saturated carbocycles. The average Bonchev–Trinajstić information content (AvgIpc) is 3.29. The van der Waals surface area contributed by atoms with Gasteiger partial charge in [-0.25, -0.2) is 27.6 Å². The first-order valence-electron chi connectivity index (χ1n) is 10.7. The van der Waals surface area contributed by atoms with Gasteiger partial charge in [0.2, 0.25) is 11.8 Å². The molecule has 2 fully saturated rings. The molecular formula is C22H26FN3O6S. The molecular weight excluding hydrogens is 453 g/mol. The monoisotopic (exact) mass is 479 g/mol. The van der Waals surface area contributed by atoms with Gasteiger partial charge in [-0.05, 0) is 51.8 Å². The molecule has 0 aliphatic carbocycles. The number of ether oxygens (including phenoxy) is 3. The molecule has 2 aliphatic rings. The van der Waals surface area contributed by atoms with E-state index in [0.717, 1.165) is 25.2 Å². The van der Waals surface area contributed by atoms with Gasteiger partial charge >= 0.3 is 6.09 Å². The second-order valence-electron chi connectivity index (χ2n) is 8.61. The molecule has 4 rings (SSSR count). The molecule has 2 aliphatic heterocycles. The SMILES string of the molecule is Cc1c(Oc2ccc(S(C)(=O)=O)cc2F)ncnc1OC1CC2CCC1N2C(=O)OC(C)C. The Balaban J connectivity index is 1.50. The smallest absolute Gasteiger partial charge is 0.410 e. The fraction of sp³-hybridized carbons (Fsp3) is 0.500. The normalized spacial score (nSPS) is 22.0. The summed E-state index contributed by atoms with van der Waals surface area (Å²) in [4.78, 5) is 22.4. The van der Waals surface area contributed by atoms with Crippen LogP contribution in [-0.2, 0) is 14.6 Å². The predicted octanol–water partition coefficient (Wildman–Crippen LogP) is 3.65. The molecule has 1 aromatic carbocycles. The third-order valence-corrected chi connectivity index (χ3v) is 6.93. The van der Waals surface area contributed by atoms with Crippen molar-refractivity contribution < 1.29 is 31.8 Å². The number of rotatable bonds is 6. The molecule has 2 aromatic rings. The fourth-order valence-electron chi connectivity index (χ4n) is 4.29. The Morgan fingerprint density at radius 1 is 1.21 bits per heavy atom. The fourth-order valence-corrected chi connectivity index (χ4v) is 4.92. The molecule has 178 valence electrons. The van der Waals surface area contributed by atoms with E-state index in [4.69, 9.17) is 14.2 Å². The summed E-state index contributed by atoms with van der Waals surface area (Å²) in [5.74, 6) is -0.628. The number of carbonyl (C=O) groups excluding carboxylic acids is 1. The number of aromatic nitrogens is 2. The lowest BCUT2D eigenvalue weighted by Gasteiger charge is -2.25. The Kier molecular flexibility index (Phi) is 6.17. The predicted molar refractivity (Wildman–Crippen MR) is 116 cm³/mol. The Bertz CT molecular complexity index is 1170. The van der Waals surface area contributed by atoms with E-state index < -0.39 is 15.7 Å². The Hall–Kier alpha value is -2.95. The topological polar surface area (TPSA) is 108 Å². The van der Waals surface area contributed by atoms with E-state index in [0.29, 0.717) is 12.0 Å². The van der Waals surface area contributed by atoms with Crippen molar-refractivity contribution in [2.45, 2.75) is 69.2 Å². The van der Waals surface area contributed by atoms with Gasteiger partial charge in [0.15, 0.2) is 21.4 Å². The second-order valence-corrected chi connectivity index (χ2v) is 10.6. The van der Waals surface area contributed by atoms with Crippen LogP contribution in [0.4, 0.5) is 9.18 Å². The van der Waals surface area contributed by atoms with Crippen molar-refractivity contribution >= 4 is 15.9 Å². The van der Waals surface area contributed by atoms with E-state index in [1.54, 1.807) is 11.8 Å². The maximum absolute atomic E-state index is 14.4. The third kappa shape index (κ3) is 4.73. The zero-order valence-electron chi connectivity index (χ0n) is 18.8. The van der Waals surface area contributed by atoms with Crippen LogP contribution in [0, 0.1) is 12.7 Å². The number of sulfone groups is 1. The van der Waals surface area contributed by atoms with E-state index in [2.05, 4.69) is 9.97 Å². The molecule has 3 unspecified atom stereocenters. The Morgan fingerprint density at radius 2 is 1.94 bits per heavy atom. The van der Waals surface area contributed by atoms with Crippen LogP contribution in [0.25, 0.3) is 0 Å². The summed E-state index contributed by atoms with van der Waals surface area (Å²) in [7, 11) is -3.54. The van der Waals surface area contributed by atoms with Crippen LogP contribution in [-0.4, -0.2) is 59.9 Å². The first-order chi connectivity index (χ1) is 15.5. The van der Waals surface area contributed by atoms with Crippen molar-refractivity contribution in [3.8, 4) is 17.5 Å². The molecule has 2 bridgehead atoms. The minimum Gasteiger partial charge on any atom is -0.472 e. The summed E-state index contributed by atoms with van der Waals surface area (Å²) in [6.45, 7) is 5.31. The molecule has 3 heterocycles. The van der Waals surface area contributed by atoms with E-state index in [9.17, 15) is 17.6 Å². The number of amides is 1. The Morgan fingerprint density at radius 3 is 2.61 bits per heavy atom. The molecule has 0 N–H and O–H groups in total. The quantitative estimate of drug-likeness (QED) is 0.618. The first-order valence-corrected chi connectivity index (χ1v) is 12.6. The number of carbonyl (C=O) groups is 1. The highest BCUT2D eigenvalue weighted by Gasteiger charge is 2.51. The maximum atomic E-state index is 14.4. The van der Waals surface area contributed by atoms with Crippen molar-refractivity contribution in [3.63, 3.8) is 0 Å². The molecule has 33 heavy (non-hydrogen) atoms. The number of benzene rings is 1. The van der Waals surface area contributed by atoms with Crippen LogP contribution in [0.2, 0.25) is 0 Å². The van der Waals surface area contributed by atoms with Crippen molar-refractivity contribution in [2.75, 3.05) is 6.26 Å². The molecule has 0 radical (unpaired) electrons. The summed E-state index contributed by atoms with van der Waals surface area (Å²) in [6, 6.07) is 3.36. The third-order valence-electron chi connectivity index (χ3n) is 5.82.